The molecule has 0 aliphatic heterocycles. The van der Waals surface area contributed by atoms with Gasteiger partial charge in [0.2, 0.25) is 0 Å². The number of hydrogen-bond acceptors (Lipinski definition) is 0. The zero-order valence-electron chi connectivity index (χ0n) is 9.07. The molecule has 0 nitrogen and oxygen atoms in total. The summed E-state index contributed by atoms with van der Waals surface area (Å²) in [5.74, 6) is 0. The van der Waals surface area contributed by atoms with Gasteiger partial charge in [-0.3, -0.25) is 0 Å². The van der Waals surface area contributed by atoms with Crippen LogP contribution in [0.4, 0.5) is 0 Å². The zero-order valence-corrected chi connectivity index (χ0v) is 12.1. The molecule has 1 aliphatic carbocycles. The van der Waals surface area contributed by atoms with Crippen molar-refractivity contribution in [3.63, 3.8) is 0 Å². The van der Waals surface area contributed by atoms with Crippen LogP contribution in [-0.4, -0.2) is 0 Å². The molecule has 0 fully saturated rings. The van der Waals surface area contributed by atoms with Crippen molar-refractivity contribution in [1.82, 2.24) is 0 Å². The Hall–Kier alpha value is 0.254. The van der Waals surface area contributed by atoms with Gasteiger partial charge >= 0.3 is 35.6 Å². The molecule has 0 bridgehead atoms. The van der Waals surface area contributed by atoms with Crippen LogP contribution in [0.25, 0.3) is 5.57 Å². The van der Waals surface area contributed by atoms with Gasteiger partial charge in [-0.15, -0.1) is 0 Å². The van der Waals surface area contributed by atoms with E-state index in [0.717, 1.165) is 0 Å². The first kappa shape index (κ1) is 13.3. The fraction of sp³-hybridized carbons (Fsp3) is 0.250. The number of aryl methyl sites for hydroxylation is 1. The maximum atomic E-state index is 4.89. The van der Waals surface area contributed by atoms with Crippen LogP contribution in [0.5, 0.6) is 0 Å². The van der Waals surface area contributed by atoms with E-state index in [4.69, 9.17) is 18.6 Å². The van der Waals surface area contributed by atoms with Gasteiger partial charge in [-0.1, -0.05) is 23.8 Å². The van der Waals surface area contributed by atoms with Gasteiger partial charge in [0.1, 0.15) is 0 Å². The van der Waals surface area contributed by atoms with Crippen molar-refractivity contribution in [3.05, 3.63) is 46.9 Å². The van der Waals surface area contributed by atoms with Gasteiger partial charge in [0.25, 0.3) is 0 Å². The molecule has 1 aliphatic rings. The Labute approximate surface area is 108 Å². The molecule has 0 amide bonds. The predicted molar refractivity (Wildman–Crippen MR) is 64.6 cm³/mol. The SMILES string of the molecule is CC1=C(C)c2c(C)cccc2[CH]1.[Cl][Ti][Cl]. The molecular formula is C12H13Cl2Ti. The van der Waals surface area contributed by atoms with E-state index in [0.29, 0.717) is 0 Å². The third kappa shape index (κ3) is 3.11. The van der Waals surface area contributed by atoms with Crippen molar-refractivity contribution in [1.29, 1.82) is 0 Å². The van der Waals surface area contributed by atoms with E-state index in [1.807, 2.05) is 0 Å². The molecule has 1 radical (unpaired) electrons. The molecule has 79 valence electrons. The van der Waals surface area contributed by atoms with Crippen molar-refractivity contribution >= 4 is 24.2 Å². The van der Waals surface area contributed by atoms with Crippen LogP contribution in [0.15, 0.2) is 23.8 Å². The van der Waals surface area contributed by atoms with E-state index in [2.05, 4.69) is 45.4 Å². The molecule has 0 unspecified atom stereocenters. The molecular weight excluding hydrogens is 263 g/mol. The first-order chi connectivity index (χ1) is 7.11. The summed E-state index contributed by atoms with van der Waals surface area (Å²) in [6.45, 7) is 6.55. The van der Waals surface area contributed by atoms with Gasteiger partial charge < -0.3 is 0 Å². The second-order valence-electron chi connectivity index (χ2n) is 3.56. The molecule has 0 N–H and O–H groups in total. The number of hydrogen-bond donors (Lipinski definition) is 0. The minimum absolute atomic E-state index is 0.556. The Morgan fingerprint density at radius 3 is 2.20 bits per heavy atom. The second kappa shape index (κ2) is 6.10. The number of allylic oxidation sites excluding steroid dienone is 2. The summed E-state index contributed by atoms with van der Waals surface area (Å²) in [6.07, 6.45) is 2.26. The van der Waals surface area contributed by atoms with Crippen LogP contribution in [-0.2, 0) is 17.0 Å². The third-order valence-corrected chi connectivity index (χ3v) is 2.64. The van der Waals surface area contributed by atoms with Gasteiger partial charge in [0.05, 0.1) is 0 Å². The average molecular weight is 276 g/mol. The van der Waals surface area contributed by atoms with Gasteiger partial charge in [0, 0.05) is 6.42 Å². The van der Waals surface area contributed by atoms with Gasteiger partial charge in [-0.05, 0) is 43.0 Å². The number of halogens is 2. The number of fused-ring (bicyclic) bond motifs is 1. The predicted octanol–water partition coefficient (Wildman–Crippen LogP) is 4.73. The summed E-state index contributed by atoms with van der Waals surface area (Å²) in [4.78, 5) is 0. The Morgan fingerprint density at radius 2 is 1.67 bits per heavy atom. The third-order valence-electron chi connectivity index (χ3n) is 2.64. The van der Waals surface area contributed by atoms with E-state index in [1.54, 1.807) is 0 Å². The van der Waals surface area contributed by atoms with E-state index in [9.17, 15) is 0 Å². The van der Waals surface area contributed by atoms with Crippen molar-refractivity contribution in [2.24, 2.45) is 0 Å². The Kier molecular flexibility index (Phi) is 5.42. The number of rotatable bonds is 0. The maximum absolute atomic E-state index is 4.89. The first-order valence-corrected chi connectivity index (χ1v) is 9.00. The summed E-state index contributed by atoms with van der Waals surface area (Å²) >= 11 is -0.556. The summed E-state index contributed by atoms with van der Waals surface area (Å²) in [5.41, 5.74) is 7.04. The van der Waals surface area contributed by atoms with Crippen LogP contribution in [0.1, 0.15) is 30.5 Å². The number of benzene rings is 1. The van der Waals surface area contributed by atoms with E-state index in [-0.39, 0.29) is 0 Å². The van der Waals surface area contributed by atoms with Crippen molar-refractivity contribution in [2.45, 2.75) is 20.8 Å². The Bertz CT molecular complexity index is 383. The molecule has 0 aromatic heterocycles. The quantitative estimate of drug-likeness (QED) is 0.601. The summed E-state index contributed by atoms with van der Waals surface area (Å²) in [5, 5.41) is 0. The van der Waals surface area contributed by atoms with Crippen molar-refractivity contribution < 1.29 is 17.0 Å². The molecule has 15 heavy (non-hydrogen) atoms. The normalized spacial score (nSPS) is 13.1. The second-order valence-corrected chi connectivity index (χ2v) is 6.14. The van der Waals surface area contributed by atoms with Gasteiger partial charge in [-0.2, -0.15) is 0 Å². The standard InChI is InChI=1S/C12H13.2ClH.Ti/c1-8-5-4-6-11-7-9(2)10(3)12(8)11;;;/h4-7H,1-3H3;2*1H;/q;;;+2/p-2. The van der Waals surface area contributed by atoms with Gasteiger partial charge in [-0.25, -0.2) is 0 Å². The Morgan fingerprint density at radius 1 is 1.07 bits per heavy atom. The first-order valence-electron chi connectivity index (χ1n) is 4.70. The fourth-order valence-corrected chi connectivity index (χ4v) is 1.86. The van der Waals surface area contributed by atoms with Gasteiger partial charge in [0.15, 0.2) is 0 Å². The zero-order chi connectivity index (χ0) is 11.4. The summed E-state index contributed by atoms with van der Waals surface area (Å²) < 4.78 is 0. The Balaban J connectivity index is 0.000000337. The van der Waals surface area contributed by atoms with E-state index in [1.165, 1.54) is 27.8 Å². The van der Waals surface area contributed by atoms with Crippen LogP contribution in [0.3, 0.4) is 0 Å². The van der Waals surface area contributed by atoms with Crippen LogP contribution in [0, 0.1) is 13.3 Å². The molecule has 2 rings (SSSR count). The molecule has 0 saturated carbocycles. The summed E-state index contributed by atoms with van der Waals surface area (Å²) in [6, 6.07) is 6.48. The molecule has 0 atom stereocenters. The van der Waals surface area contributed by atoms with Crippen LogP contribution < -0.4 is 0 Å². The molecule has 1 aromatic rings. The van der Waals surface area contributed by atoms with Crippen LogP contribution >= 0.6 is 18.6 Å². The monoisotopic (exact) mass is 275 g/mol. The molecule has 0 saturated heterocycles. The van der Waals surface area contributed by atoms with E-state index < -0.39 is 17.0 Å². The van der Waals surface area contributed by atoms with Crippen LogP contribution in [0.2, 0.25) is 0 Å². The van der Waals surface area contributed by atoms with Crippen molar-refractivity contribution in [2.75, 3.05) is 0 Å². The molecule has 0 heterocycles. The fourth-order valence-electron chi connectivity index (χ4n) is 1.86. The summed E-state index contributed by atoms with van der Waals surface area (Å²) in [7, 11) is 9.78. The topological polar surface area (TPSA) is 0 Å². The molecule has 1 aromatic carbocycles. The molecule has 3 heteroatoms. The minimum atomic E-state index is -0.556. The van der Waals surface area contributed by atoms with Crippen molar-refractivity contribution in [3.8, 4) is 0 Å². The molecule has 0 spiro atoms. The average Bonchev–Trinajstić information content (AvgIpc) is 2.45. The van der Waals surface area contributed by atoms with E-state index >= 15 is 0 Å².